The number of nitrogens with zero attached hydrogens (tertiary/aromatic N) is 4. The smallest absolute Gasteiger partial charge is 0.340 e. The van der Waals surface area contributed by atoms with Crippen LogP contribution in [0.25, 0.3) is 22.2 Å². The minimum atomic E-state index is -4.54. The molecule has 5 rings (SSSR count). The molecular formula is C27H26F3N5O2S. The third kappa shape index (κ3) is 5.08. The van der Waals surface area contributed by atoms with E-state index in [0.29, 0.717) is 34.9 Å². The number of hydrogen-bond acceptors (Lipinski definition) is 6. The van der Waals surface area contributed by atoms with Crippen LogP contribution < -0.4 is 5.32 Å². The first-order valence-electron chi connectivity index (χ1n) is 12.2. The molecule has 2 aromatic carbocycles. The molecule has 38 heavy (non-hydrogen) atoms. The highest BCUT2D eigenvalue weighted by molar-refractivity contribution is 7.89. The number of hydrogen-bond donors (Lipinski definition) is 1. The zero-order valence-electron chi connectivity index (χ0n) is 20.8. The first-order valence-corrected chi connectivity index (χ1v) is 13.6. The van der Waals surface area contributed by atoms with E-state index in [2.05, 4.69) is 27.2 Å². The minimum absolute atomic E-state index is 0.0513. The Morgan fingerprint density at radius 2 is 1.74 bits per heavy atom. The summed E-state index contributed by atoms with van der Waals surface area (Å²) in [6.45, 7) is 4.49. The molecule has 7 nitrogen and oxygen atoms in total. The predicted octanol–water partition coefficient (Wildman–Crippen LogP) is 6.26. The van der Waals surface area contributed by atoms with E-state index in [9.17, 15) is 21.6 Å². The largest absolute Gasteiger partial charge is 0.418 e. The van der Waals surface area contributed by atoms with Crippen LogP contribution in [0.1, 0.15) is 32.3 Å². The van der Waals surface area contributed by atoms with Gasteiger partial charge in [0, 0.05) is 35.4 Å². The molecule has 2 aromatic heterocycles. The Morgan fingerprint density at radius 1 is 0.974 bits per heavy atom. The molecule has 2 atom stereocenters. The second kappa shape index (κ2) is 9.95. The van der Waals surface area contributed by atoms with Crippen molar-refractivity contribution < 1.29 is 21.6 Å². The lowest BCUT2D eigenvalue weighted by atomic mass is 9.97. The normalized spacial score (nSPS) is 19.0. The molecule has 2 unspecified atom stereocenters. The minimum Gasteiger partial charge on any atom is -0.340 e. The first-order chi connectivity index (χ1) is 18.0. The number of rotatable bonds is 5. The van der Waals surface area contributed by atoms with Crippen LogP contribution in [0, 0.1) is 5.92 Å². The lowest BCUT2D eigenvalue weighted by Gasteiger charge is -2.35. The summed E-state index contributed by atoms with van der Waals surface area (Å²) in [7, 11) is -3.62. The molecule has 1 aliphatic rings. The molecular weight excluding hydrogens is 515 g/mol. The molecule has 1 N–H and O–H groups in total. The van der Waals surface area contributed by atoms with Crippen molar-refractivity contribution >= 4 is 32.4 Å². The van der Waals surface area contributed by atoms with Gasteiger partial charge in [0.15, 0.2) is 0 Å². The van der Waals surface area contributed by atoms with Crippen LogP contribution in [0.4, 0.5) is 24.7 Å². The van der Waals surface area contributed by atoms with E-state index < -0.39 is 21.8 Å². The number of sulfonamides is 1. The van der Waals surface area contributed by atoms with Gasteiger partial charge in [-0.15, -0.1) is 0 Å². The molecule has 0 aliphatic carbocycles. The average Bonchev–Trinajstić information content (AvgIpc) is 2.90. The molecule has 1 saturated heterocycles. The Bertz CT molecular complexity index is 1580. The third-order valence-corrected chi connectivity index (χ3v) is 8.80. The third-order valence-electron chi connectivity index (χ3n) is 6.81. The first kappa shape index (κ1) is 26.1. The highest BCUT2D eigenvalue weighted by atomic mass is 32.2. The molecule has 0 saturated carbocycles. The molecule has 3 heterocycles. The zero-order valence-corrected chi connectivity index (χ0v) is 21.6. The lowest BCUT2D eigenvalue weighted by Crippen LogP contribution is -2.44. The summed E-state index contributed by atoms with van der Waals surface area (Å²) in [6.07, 6.45) is -0.0651. The molecule has 1 fully saturated rings. The van der Waals surface area contributed by atoms with Crippen molar-refractivity contribution in [1.29, 1.82) is 0 Å². The number of benzene rings is 2. The Labute approximate surface area is 218 Å². The summed E-state index contributed by atoms with van der Waals surface area (Å²) in [6, 6.07) is 13.4. The number of alkyl halides is 3. The van der Waals surface area contributed by atoms with E-state index in [0.717, 1.165) is 18.9 Å². The van der Waals surface area contributed by atoms with E-state index in [1.165, 1.54) is 24.7 Å². The van der Waals surface area contributed by atoms with E-state index in [-0.39, 0.29) is 22.2 Å². The maximum Gasteiger partial charge on any atom is 0.418 e. The van der Waals surface area contributed by atoms with Crippen LogP contribution in [-0.2, 0) is 16.2 Å². The summed E-state index contributed by atoms with van der Waals surface area (Å²) in [5.74, 6) is 0.749. The van der Waals surface area contributed by atoms with Gasteiger partial charge in [-0.25, -0.2) is 18.4 Å². The standard InChI is InChI=1S/C27H26F3N5O2S/c1-17-5-6-18(2)35(15-17)38(36,37)21-10-8-20(9-11-21)34-26-22-12-7-19(14-24(22)32-16-33-26)25-23(27(28,29)30)4-3-13-31-25/h3-4,7-14,16-18H,5-6,15H2,1-2H3,(H,32,33,34). The quantitative estimate of drug-likeness (QED) is 0.321. The second-order valence-corrected chi connectivity index (χ2v) is 11.5. The van der Waals surface area contributed by atoms with Crippen LogP contribution >= 0.6 is 0 Å². The van der Waals surface area contributed by atoms with Gasteiger partial charge in [0.1, 0.15) is 12.1 Å². The molecule has 4 aromatic rings. The van der Waals surface area contributed by atoms with Crippen LogP contribution in [0.15, 0.2) is 72.0 Å². The molecule has 198 valence electrons. The van der Waals surface area contributed by atoms with Crippen molar-refractivity contribution in [3.63, 3.8) is 0 Å². The summed E-state index contributed by atoms with van der Waals surface area (Å²) >= 11 is 0. The van der Waals surface area contributed by atoms with Gasteiger partial charge >= 0.3 is 6.18 Å². The Balaban J connectivity index is 1.41. The Kier molecular flexibility index (Phi) is 6.83. The van der Waals surface area contributed by atoms with E-state index >= 15 is 0 Å². The number of halogens is 3. The number of nitrogens with one attached hydrogen (secondary N) is 1. The fourth-order valence-corrected chi connectivity index (χ4v) is 6.51. The molecule has 0 radical (unpaired) electrons. The Hall–Kier alpha value is -3.57. The van der Waals surface area contributed by atoms with E-state index in [1.807, 2.05) is 6.92 Å². The van der Waals surface area contributed by atoms with Crippen molar-refractivity contribution in [2.24, 2.45) is 5.92 Å². The SMILES string of the molecule is CC1CCC(C)N(S(=O)(=O)c2ccc(Nc3ncnc4cc(-c5ncccc5C(F)(F)F)ccc34)cc2)C1. The summed E-state index contributed by atoms with van der Waals surface area (Å²) < 4.78 is 68.5. The predicted molar refractivity (Wildman–Crippen MR) is 139 cm³/mol. The van der Waals surface area contributed by atoms with Gasteiger partial charge in [-0.2, -0.15) is 17.5 Å². The van der Waals surface area contributed by atoms with Crippen molar-refractivity contribution in [2.45, 2.75) is 43.8 Å². The summed E-state index contributed by atoms with van der Waals surface area (Å²) in [4.78, 5) is 12.7. The maximum atomic E-state index is 13.5. The van der Waals surface area contributed by atoms with Crippen molar-refractivity contribution in [3.05, 3.63) is 72.7 Å². The average molecular weight is 542 g/mol. The number of pyridine rings is 1. The number of aromatic nitrogens is 3. The van der Waals surface area contributed by atoms with Gasteiger partial charge in [0.25, 0.3) is 0 Å². The van der Waals surface area contributed by atoms with Gasteiger partial charge in [-0.1, -0.05) is 13.0 Å². The van der Waals surface area contributed by atoms with Gasteiger partial charge < -0.3 is 5.32 Å². The molecule has 0 spiro atoms. The molecule has 0 amide bonds. The van der Waals surface area contributed by atoms with Crippen molar-refractivity contribution in [2.75, 3.05) is 11.9 Å². The second-order valence-electron chi connectivity index (χ2n) is 9.61. The number of piperidine rings is 1. The molecule has 1 aliphatic heterocycles. The fourth-order valence-electron chi connectivity index (χ4n) is 4.73. The summed E-state index contributed by atoms with van der Waals surface area (Å²) in [5.41, 5.74) is 0.327. The van der Waals surface area contributed by atoms with Crippen molar-refractivity contribution in [3.8, 4) is 11.3 Å². The van der Waals surface area contributed by atoms with Gasteiger partial charge in [-0.05, 0) is 74.2 Å². The number of anilines is 2. The maximum absolute atomic E-state index is 13.5. The topological polar surface area (TPSA) is 88.1 Å². The molecule has 11 heteroatoms. The van der Waals surface area contributed by atoms with Gasteiger partial charge in [0.2, 0.25) is 10.0 Å². The van der Waals surface area contributed by atoms with Gasteiger partial charge in [-0.3, -0.25) is 4.98 Å². The summed E-state index contributed by atoms with van der Waals surface area (Å²) in [5, 5.41) is 3.75. The van der Waals surface area contributed by atoms with Crippen LogP contribution in [0.3, 0.4) is 0 Å². The number of fused-ring (bicyclic) bond motifs is 1. The van der Waals surface area contributed by atoms with Crippen LogP contribution in [0.2, 0.25) is 0 Å². The highest BCUT2D eigenvalue weighted by Crippen LogP contribution is 2.37. The van der Waals surface area contributed by atoms with Crippen LogP contribution in [0.5, 0.6) is 0 Å². The Morgan fingerprint density at radius 3 is 2.47 bits per heavy atom. The van der Waals surface area contributed by atoms with E-state index in [4.69, 9.17) is 0 Å². The van der Waals surface area contributed by atoms with E-state index in [1.54, 1.807) is 40.7 Å². The lowest BCUT2D eigenvalue weighted by molar-refractivity contribution is -0.137. The highest BCUT2D eigenvalue weighted by Gasteiger charge is 2.35. The van der Waals surface area contributed by atoms with Crippen LogP contribution in [-0.4, -0.2) is 40.3 Å². The zero-order chi connectivity index (χ0) is 27.1. The van der Waals surface area contributed by atoms with Gasteiger partial charge in [0.05, 0.1) is 21.7 Å². The monoisotopic (exact) mass is 541 g/mol. The fraction of sp³-hybridized carbons (Fsp3) is 0.296. The van der Waals surface area contributed by atoms with Crippen molar-refractivity contribution in [1.82, 2.24) is 19.3 Å². The molecule has 0 bridgehead atoms.